The lowest BCUT2D eigenvalue weighted by Crippen LogP contribution is -1.95. The Hall–Kier alpha value is -1.05. The van der Waals surface area contributed by atoms with Gasteiger partial charge < -0.3 is 4.57 Å². The fourth-order valence-electron chi connectivity index (χ4n) is 1.88. The van der Waals surface area contributed by atoms with Crippen LogP contribution in [0.1, 0.15) is 16.8 Å². The summed E-state index contributed by atoms with van der Waals surface area (Å²) in [5, 5.41) is 0. The van der Waals surface area contributed by atoms with Crippen LogP contribution in [0.5, 0.6) is 0 Å². The zero-order valence-corrected chi connectivity index (χ0v) is 11.8. The summed E-state index contributed by atoms with van der Waals surface area (Å²) >= 11 is 1.38. The molecular formula is C14H14FOPS. The number of hydrogen-bond donors (Lipinski definition) is 0. The molecule has 0 aromatic heterocycles. The molecule has 0 amide bonds. The van der Waals surface area contributed by atoms with Crippen molar-refractivity contribution < 1.29 is 8.96 Å². The van der Waals surface area contributed by atoms with Gasteiger partial charge in [0.2, 0.25) is 0 Å². The predicted molar refractivity (Wildman–Crippen MR) is 77.2 cm³/mol. The van der Waals surface area contributed by atoms with Gasteiger partial charge in [-0.25, -0.2) is 4.39 Å². The van der Waals surface area contributed by atoms with Crippen LogP contribution >= 0.6 is 18.4 Å². The molecule has 0 N–H and O–H groups in total. The molecular weight excluding hydrogens is 266 g/mol. The second-order valence-corrected chi connectivity index (χ2v) is 7.97. The van der Waals surface area contributed by atoms with Gasteiger partial charge in [0.1, 0.15) is 12.8 Å². The summed E-state index contributed by atoms with van der Waals surface area (Å²) in [7, 11) is -1.84. The number of hydrogen-bond acceptors (Lipinski definition) is 2. The Kier molecular flexibility index (Phi) is 4.62. The van der Waals surface area contributed by atoms with Crippen LogP contribution in [0.25, 0.3) is 0 Å². The molecule has 2 aromatic carbocycles. The van der Waals surface area contributed by atoms with Crippen LogP contribution in [0.15, 0.2) is 54.6 Å². The third-order valence-corrected chi connectivity index (χ3v) is 6.23. The zero-order valence-electron chi connectivity index (χ0n) is 9.97. The first kappa shape index (κ1) is 13.4. The molecule has 0 aliphatic carbocycles. The quantitative estimate of drug-likeness (QED) is 0.751. The van der Waals surface area contributed by atoms with Crippen LogP contribution in [0, 0.1) is 5.82 Å². The summed E-state index contributed by atoms with van der Waals surface area (Å²) in [4.78, 5) is 0. The van der Waals surface area contributed by atoms with Crippen molar-refractivity contribution in [1.29, 1.82) is 0 Å². The number of benzene rings is 2. The Labute approximate surface area is 111 Å². The number of rotatable bonds is 4. The Morgan fingerprint density at radius 2 is 1.56 bits per heavy atom. The summed E-state index contributed by atoms with van der Waals surface area (Å²) in [6.07, 6.45) is 1.85. The first-order chi connectivity index (χ1) is 8.72. The molecule has 0 bridgehead atoms. The maximum absolute atomic E-state index is 13.0. The monoisotopic (exact) mass is 280 g/mol. The van der Waals surface area contributed by atoms with Crippen molar-refractivity contribution in [2.45, 2.75) is 5.66 Å². The average Bonchev–Trinajstić information content (AvgIpc) is 2.42. The highest BCUT2D eigenvalue weighted by atomic mass is 32.7. The van der Waals surface area contributed by atoms with Crippen LogP contribution in [-0.2, 0) is 4.57 Å². The summed E-state index contributed by atoms with van der Waals surface area (Å²) in [5.74, 6) is -0.269. The normalized spacial score (nSPS) is 14.1. The van der Waals surface area contributed by atoms with Crippen molar-refractivity contribution in [1.82, 2.24) is 0 Å². The van der Waals surface area contributed by atoms with Crippen LogP contribution in [-0.4, -0.2) is 6.26 Å². The maximum atomic E-state index is 13.0. The standard InChI is InChI=1S/C14H14FOPS/c1-18-17(16)14(11-5-3-2-4-6-11)12-7-9-13(15)10-8-12/h2-10,14,17H,1H3. The first-order valence-corrected chi connectivity index (χ1v) is 9.04. The van der Waals surface area contributed by atoms with E-state index in [1.165, 1.54) is 23.5 Å². The minimum atomic E-state index is -1.84. The molecule has 0 spiro atoms. The van der Waals surface area contributed by atoms with Gasteiger partial charge in [-0.05, 0) is 29.5 Å². The summed E-state index contributed by atoms with van der Waals surface area (Å²) < 4.78 is 25.2. The van der Waals surface area contributed by atoms with Crippen molar-refractivity contribution in [3.8, 4) is 0 Å². The zero-order chi connectivity index (χ0) is 13.0. The van der Waals surface area contributed by atoms with Gasteiger partial charge in [0.25, 0.3) is 0 Å². The van der Waals surface area contributed by atoms with E-state index in [1.54, 1.807) is 12.1 Å². The SMILES string of the molecule is CS[PH](=O)C(c1ccccc1)c1ccc(F)cc1. The van der Waals surface area contributed by atoms with E-state index >= 15 is 0 Å². The van der Waals surface area contributed by atoms with Crippen LogP contribution in [0.3, 0.4) is 0 Å². The van der Waals surface area contributed by atoms with Crippen molar-refractivity contribution in [2.24, 2.45) is 0 Å². The number of halogens is 1. The third kappa shape index (κ3) is 3.04. The second-order valence-electron chi connectivity index (χ2n) is 3.92. The Balaban J connectivity index is 2.43. The molecule has 18 heavy (non-hydrogen) atoms. The molecule has 0 fully saturated rings. The van der Waals surface area contributed by atoms with Gasteiger partial charge in [0.15, 0.2) is 0 Å². The van der Waals surface area contributed by atoms with Gasteiger partial charge >= 0.3 is 0 Å². The smallest absolute Gasteiger partial charge is 0.138 e. The molecule has 0 aliphatic rings. The highest BCUT2D eigenvalue weighted by Crippen LogP contribution is 2.53. The Morgan fingerprint density at radius 3 is 2.11 bits per heavy atom. The second kappa shape index (κ2) is 6.21. The molecule has 4 heteroatoms. The largest absolute Gasteiger partial charge is 0.314 e. The lowest BCUT2D eigenvalue weighted by Gasteiger charge is -2.16. The molecule has 2 rings (SSSR count). The average molecular weight is 280 g/mol. The Morgan fingerprint density at radius 1 is 1.00 bits per heavy atom. The fraction of sp³-hybridized carbons (Fsp3) is 0.143. The van der Waals surface area contributed by atoms with E-state index in [-0.39, 0.29) is 11.5 Å². The van der Waals surface area contributed by atoms with Gasteiger partial charge in [-0.1, -0.05) is 42.5 Å². The van der Waals surface area contributed by atoms with Crippen molar-refractivity contribution in [2.75, 3.05) is 6.26 Å². The lowest BCUT2D eigenvalue weighted by molar-refractivity contribution is 0.592. The van der Waals surface area contributed by atoms with E-state index in [0.717, 1.165) is 11.1 Å². The van der Waals surface area contributed by atoms with E-state index < -0.39 is 7.00 Å². The van der Waals surface area contributed by atoms with Crippen LogP contribution in [0.2, 0.25) is 0 Å². The minimum absolute atomic E-state index is 0.146. The van der Waals surface area contributed by atoms with Gasteiger partial charge in [-0.3, -0.25) is 0 Å². The highest BCUT2D eigenvalue weighted by Gasteiger charge is 2.20. The van der Waals surface area contributed by atoms with E-state index in [9.17, 15) is 8.96 Å². The predicted octanol–water partition coefficient (Wildman–Crippen LogP) is 4.75. The molecule has 0 aliphatic heterocycles. The van der Waals surface area contributed by atoms with Gasteiger partial charge in [-0.2, -0.15) is 0 Å². The molecule has 2 unspecified atom stereocenters. The fourth-order valence-corrected chi connectivity index (χ4v) is 4.57. The molecule has 1 nitrogen and oxygen atoms in total. The van der Waals surface area contributed by atoms with Crippen molar-refractivity contribution in [3.05, 3.63) is 71.5 Å². The van der Waals surface area contributed by atoms with Crippen LogP contribution < -0.4 is 0 Å². The van der Waals surface area contributed by atoms with Gasteiger partial charge in [-0.15, -0.1) is 11.4 Å². The first-order valence-electron chi connectivity index (χ1n) is 5.60. The molecule has 0 heterocycles. The van der Waals surface area contributed by atoms with Gasteiger partial charge in [0, 0.05) is 0 Å². The minimum Gasteiger partial charge on any atom is -0.314 e. The summed E-state index contributed by atoms with van der Waals surface area (Å²) in [6, 6.07) is 16.0. The molecule has 2 atom stereocenters. The molecule has 0 saturated heterocycles. The Bertz CT molecular complexity index is 527. The van der Waals surface area contributed by atoms with E-state index in [4.69, 9.17) is 0 Å². The van der Waals surface area contributed by atoms with Crippen LogP contribution in [0.4, 0.5) is 4.39 Å². The topological polar surface area (TPSA) is 17.1 Å². The molecule has 0 radical (unpaired) electrons. The van der Waals surface area contributed by atoms with Gasteiger partial charge in [0.05, 0.1) is 5.66 Å². The third-order valence-electron chi connectivity index (χ3n) is 2.77. The summed E-state index contributed by atoms with van der Waals surface area (Å²) in [6.45, 7) is 0. The highest BCUT2D eigenvalue weighted by molar-refractivity contribution is 8.51. The summed E-state index contributed by atoms with van der Waals surface area (Å²) in [5.41, 5.74) is 1.77. The van der Waals surface area contributed by atoms with Crippen molar-refractivity contribution in [3.63, 3.8) is 0 Å². The molecule has 0 saturated carbocycles. The molecule has 2 aromatic rings. The maximum Gasteiger partial charge on any atom is 0.138 e. The van der Waals surface area contributed by atoms with Crippen molar-refractivity contribution >= 4 is 18.4 Å². The lowest BCUT2D eigenvalue weighted by atomic mass is 10.0. The van der Waals surface area contributed by atoms with E-state index in [1.807, 2.05) is 36.6 Å². The van der Waals surface area contributed by atoms with E-state index in [0.29, 0.717) is 0 Å². The molecule has 94 valence electrons. The van der Waals surface area contributed by atoms with E-state index in [2.05, 4.69) is 0 Å².